The second kappa shape index (κ2) is 6.63. The van der Waals surface area contributed by atoms with Crippen molar-refractivity contribution in [2.24, 2.45) is 10.9 Å². The van der Waals surface area contributed by atoms with E-state index in [0.717, 1.165) is 43.6 Å². The van der Waals surface area contributed by atoms with Crippen LogP contribution in [-0.4, -0.2) is 31.1 Å². The fourth-order valence-electron chi connectivity index (χ4n) is 3.97. The summed E-state index contributed by atoms with van der Waals surface area (Å²) in [5.41, 5.74) is 4.35. The SMILES string of the molecule is Fc1ccc(C2=NC(C3CCC(F)CC3)NC3=C2CNCC3)cc1. The molecule has 1 unspecified atom stereocenters. The van der Waals surface area contributed by atoms with E-state index >= 15 is 0 Å². The Balaban J connectivity index is 1.66. The van der Waals surface area contributed by atoms with Gasteiger partial charge in [-0.15, -0.1) is 0 Å². The second-order valence-electron chi connectivity index (χ2n) is 6.97. The molecule has 4 rings (SSSR count). The van der Waals surface area contributed by atoms with Gasteiger partial charge in [-0.2, -0.15) is 0 Å². The van der Waals surface area contributed by atoms with Gasteiger partial charge in [-0.05, 0) is 55.9 Å². The molecule has 1 atom stereocenters. The zero-order chi connectivity index (χ0) is 16.5. The summed E-state index contributed by atoms with van der Waals surface area (Å²) in [6, 6.07) is 6.57. The van der Waals surface area contributed by atoms with Gasteiger partial charge in [-0.3, -0.25) is 4.99 Å². The summed E-state index contributed by atoms with van der Waals surface area (Å²) in [6.45, 7) is 1.73. The van der Waals surface area contributed by atoms with Gasteiger partial charge in [-0.1, -0.05) is 0 Å². The lowest BCUT2D eigenvalue weighted by Gasteiger charge is -2.37. The summed E-state index contributed by atoms with van der Waals surface area (Å²) in [6.07, 6.45) is 3.33. The average molecular weight is 331 g/mol. The fraction of sp³-hybridized carbons (Fsp3) is 0.526. The van der Waals surface area contributed by atoms with E-state index in [1.54, 1.807) is 12.1 Å². The van der Waals surface area contributed by atoms with E-state index in [2.05, 4.69) is 10.6 Å². The van der Waals surface area contributed by atoms with Crippen LogP contribution in [0.2, 0.25) is 0 Å². The third-order valence-corrected chi connectivity index (χ3v) is 5.36. The van der Waals surface area contributed by atoms with Gasteiger partial charge in [0, 0.05) is 36.3 Å². The van der Waals surface area contributed by atoms with Gasteiger partial charge in [0.15, 0.2) is 0 Å². The Hall–Kier alpha value is -1.75. The van der Waals surface area contributed by atoms with Crippen LogP contribution in [0.3, 0.4) is 0 Å². The average Bonchev–Trinajstić information content (AvgIpc) is 2.62. The number of benzene rings is 1. The van der Waals surface area contributed by atoms with E-state index in [9.17, 15) is 8.78 Å². The molecule has 2 N–H and O–H groups in total. The van der Waals surface area contributed by atoms with Crippen LogP contribution in [0.1, 0.15) is 37.7 Å². The van der Waals surface area contributed by atoms with Crippen LogP contribution in [0.5, 0.6) is 0 Å². The van der Waals surface area contributed by atoms with Crippen molar-refractivity contribution in [1.82, 2.24) is 10.6 Å². The standard InChI is InChI=1S/C19H23F2N3/c20-14-5-1-12(2-6-14)18-16-11-22-10-9-17(16)23-19(24-18)13-3-7-15(21)8-4-13/h1-2,5-6,13,15,19,22-23H,3-4,7-11H2. The minimum absolute atomic E-state index is 0.00871. The summed E-state index contributed by atoms with van der Waals surface area (Å²) in [4.78, 5) is 4.98. The van der Waals surface area contributed by atoms with Crippen LogP contribution in [0.4, 0.5) is 8.78 Å². The number of alkyl halides is 1. The van der Waals surface area contributed by atoms with Crippen molar-refractivity contribution in [3.05, 3.63) is 46.9 Å². The van der Waals surface area contributed by atoms with Crippen molar-refractivity contribution in [3.8, 4) is 0 Å². The van der Waals surface area contributed by atoms with E-state index < -0.39 is 6.17 Å². The number of aliphatic imine (C=N–C) groups is 1. The first-order valence-electron chi connectivity index (χ1n) is 8.88. The molecule has 5 heteroatoms. The van der Waals surface area contributed by atoms with Crippen LogP contribution in [0.25, 0.3) is 0 Å². The quantitative estimate of drug-likeness (QED) is 0.872. The van der Waals surface area contributed by atoms with Gasteiger partial charge in [-0.25, -0.2) is 8.78 Å². The highest BCUT2D eigenvalue weighted by atomic mass is 19.1. The first-order chi connectivity index (χ1) is 11.7. The topological polar surface area (TPSA) is 36.4 Å². The molecular weight excluding hydrogens is 308 g/mol. The van der Waals surface area contributed by atoms with Crippen molar-refractivity contribution >= 4 is 5.71 Å². The van der Waals surface area contributed by atoms with Crippen LogP contribution in [-0.2, 0) is 0 Å². The van der Waals surface area contributed by atoms with Crippen molar-refractivity contribution < 1.29 is 8.78 Å². The number of nitrogens with one attached hydrogen (secondary N) is 2. The molecule has 0 amide bonds. The predicted octanol–water partition coefficient (Wildman–Crippen LogP) is 3.32. The number of rotatable bonds is 2. The third-order valence-electron chi connectivity index (χ3n) is 5.36. The molecule has 1 fully saturated rings. The minimum Gasteiger partial charge on any atom is -0.367 e. The van der Waals surface area contributed by atoms with Gasteiger partial charge >= 0.3 is 0 Å². The maximum Gasteiger partial charge on any atom is 0.123 e. The molecule has 0 spiro atoms. The zero-order valence-corrected chi connectivity index (χ0v) is 13.7. The second-order valence-corrected chi connectivity index (χ2v) is 6.97. The molecule has 1 aromatic rings. The molecule has 0 aromatic heterocycles. The Morgan fingerprint density at radius 2 is 1.79 bits per heavy atom. The molecular formula is C19H23F2N3. The summed E-state index contributed by atoms with van der Waals surface area (Å²) < 4.78 is 26.7. The molecule has 1 saturated carbocycles. The Kier molecular flexibility index (Phi) is 4.35. The highest BCUT2D eigenvalue weighted by Crippen LogP contribution is 2.32. The van der Waals surface area contributed by atoms with Gasteiger partial charge in [0.05, 0.1) is 5.71 Å². The third kappa shape index (κ3) is 3.09. The Labute approximate surface area is 141 Å². The molecule has 1 aromatic carbocycles. The van der Waals surface area contributed by atoms with Gasteiger partial charge in [0.25, 0.3) is 0 Å². The molecule has 0 saturated heterocycles. The fourth-order valence-corrected chi connectivity index (χ4v) is 3.97. The Morgan fingerprint density at radius 1 is 1.04 bits per heavy atom. The molecule has 3 nitrogen and oxygen atoms in total. The van der Waals surface area contributed by atoms with Crippen molar-refractivity contribution in [1.29, 1.82) is 0 Å². The lowest BCUT2D eigenvalue weighted by molar-refractivity contribution is 0.182. The number of hydrogen-bond donors (Lipinski definition) is 2. The lowest BCUT2D eigenvalue weighted by atomic mass is 9.84. The Bertz CT molecular complexity index is 658. The predicted molar refractivity (Wildman–Crippen MR) is 91.2 cm³/mol. The van der Waals surface area contributed by atoms with E-state index in [1.165, 1.54) is 23.4 Å². The lowest BCUT2D eigenvalue weighted by Crippen LogP contribution is -2.45. The summed E-state index contributed by atoms with van der Waals surface area (Å²) in [5, 5.41) is 7.00. The van der Waals surface area contributed by atoms with Crippen LogP contribution >= 0.6 is 0 Å². The first kappa shape index (κ1) is 15.8. The van der Waals surface area contributed by atoms with Gasteiger partial charge < -0.3 is 10.6 Å². The number of halogens is 2. The number of hydrogen-bond acceptors (Lipinski definition) is 3. The number of nitrogens with zero attached hydrogens (tertiary/aromatic N) is 1. The maximum absolute atomic E-state index is 13.5. The van der Waals surface area contributed by atoms with E-state index in [1.807, 2.05) is 0 Å². The van der Waals surface area contributed by atoms with Crippen LogP contribution in [0.15, 0.2) is 40.5 Å². The van der Waals surface area contributed by atoms with Crippen LogP contribution in [0, 0.1) is 11.7 Å². The minimum atomic E-state index is -0.654. The van der Waals surface area contributed by atoms with E-state index in [0.29, 0.717) is 18.8 Å². The molecule has 24 heavy (non-hydrogen) atoms. The molecule has 2 aliphatic heterocycles. The highest BCUT2D eigenvalue weighted by Gasteiger charge is 2.32. The summed E-state index contributed by atoms with van der Waals surface area (Å²) >= 11 is 0. The first-order valence-corrected chi connectivity index (χ1v) is 8.88. The molecule has 128 valence electrons. The van der Waals surface area contributed by atoms with Crippen molar-refractivity contribution in [3.63, 3.8) is 0 Å². The normalized spacial score (nSPS) is 30.4. The largest absolute Gasteiger partial charge is 0.367 e. The molecule has 2 heterocycles. The summed E-state index contributed by atoms with van der Waals surface area (Å²) in [7, 11) is 0. The maximum atomic E-state index is 13.5. The van der Waals surface area contributed by atoms with Crippen LogP contribution < -0.4 is 10.6 Å². The molecule has 0 bridgehead atoms. The Morgan fingerprint density at radius 3 is 2.54 bits per heavy atom. The summed E-state index contributed by atoms with van der Waals surface area (Å²) in [5.74, 6) is 0.137. The van der Waals surface area contributed by atoms with Crippen molar-refractivity contribution in [2.45, 2.75) is 44.4 Å². The van der Waals surface area contributed by atoms with E-state index in [4.69, 9.17) is 4.99 Å². The van der Waals surface area contributed by atoms with E-state index in [-0.39, 0.29) is 12.0 Å². The molecule has 3 aliphatic rings. The van der Waals surface area contributed by atoms with Crippen molar-refractivity contribution in [2.75, 3.05) is 13.1 Å². The molecule has 1 aliphatic carbocycles. The zero-order valence-electron chi connectivity index (χ0n) is 13.7. The smallest absolute Gasteiger partial charge is 0.123 e. The highest BCUT2D eigenvalue weighted by molar-refractivity contribution is 6.14. The van der Waals surface area contributed by atoms with Gasteiger partial charge in [0.2, 0.25) is 0 Å². The monoisotopic (exact) mass is 331 g/mol. The molecule has 0 radical (unpaired) electrons. The van der Waals surface area contributed by atoms with Gasteiger partial charge in [0.1, 0.15) is 18.2 Å².